The molecule has 0 bridgehead atoms. The number of benzene rings is 2. The molecule has 25 heavy (non-hydrogen) atoms. The molecule has 0 unspecified atom stereocenters. The smallest absolute Gasteiger partial charge is 0.255 e. The fourth-order valence-electron chi connectivity index (χ4n) is 2.94. The molecule has 1 aliphatic heterocycles. The number of nitrogens with one attached hydrogen (secondary N) is 1. The molecule has 0 radical (unpaired) electrons. The highest BCUT2D eigenvalue weighted by Gasteiger charge is 2.59. The van der Waals surface area contributed by atoms with Crippen molar-refractivity contribution in [3.63, 3.8) is 0 Å². The number of hydrogen-bond acceptors (Lipinski definition) is 4. The molecule has 2 atom stereocenters. The van der Waals surface area contributed by atoms with Crippen molar-refractivity contribution in [3.05, 3.63) is 60.2 Å². The lowest BCUT2D eigenvalue weighted by Gasteiger charge is -2.51. The Kier molecular flexibility index (Phi) is 4.27. The minimum absolute atomic E-state index is 0.334. The standard InChI is InChI=1S/C19H18N2O4/c1-19(20-17(23)13-6-4-3-5-7-13)16(12-22)21(18(19)24)14-8-10-15(25-2)11-9-14/h3-12,16H,1-2H3,(H,20,23)/t16-,19+/m1/s1. The minimum atomic E-state index is -1.27. The highest BCUT2D eigenvalue weighted by atomic mass is 16.5. The molecule has 2 amide bonds. The van der Waals surface area contributed by atoms with Gasteiger partial charge in [0.05, 0.1) is 7.11 Å². The maximum atomic E-state index is 12.7. The van der Waals surface area contributed by atoms with E-state index in [1.807, 2.05) is 0 Å². The molecule has 2 aromatic rings. The summed E-state index contributed by atoms with van der Waals surface area (Å²) < 4.78 is 5.09. The molecule has 0 spiro atoms. The first-order valence-electron chi connectivity index (χ1n) is 7.82. The SMILES string of the molecule is COc1ccc(N2C(=O)[C@@](C)(NC(=O)c3ccccc3)[C@H]2C=O)cc1. The molecule has 128 valence electrons. The number of hydrogen-bond donors (Lipinski definition) is 1. The van der Waals surface area contributed by atoms with Crippen LogP contribution in [-0.4, -0.2) is 36.8 Å². The first kappa shape index (κ1) is 16.7. The van der Waals surface area contributed by atoms with Crippen LogP contribution in [0.3, 0.4) is 0 Å². The number of rotatable bonds is 5. The summed E-state index contributed by atoms with van der Waals surface area (Å²) in [6.45, 7) is 1.56. The van der Waals surface area contributed by atoms with E-state index >= 15 is 0 Å². The normalized spacial score (nSPS) is 22.1. The minimum Gasteiger partial charge on any atom is -0.497 e. The summed E-state index contributed by atoms with van der Waals surface area (Å²) in [5.41, 5.74) is -0.257. The lowest BCUT2D eigenvalue weighted by Crippen LogP contribution is -2.80. The maximum absolute atomic E-state index is 12.7. The number of ether oxygens (including phenoxy) is 1. The number of carbonyl (C=O) groups is 3. The number of amides is 2. The first-order chi connectivity index (χ1) is 12.0. The van der Waals surface area contributed by atoms with Gasteiger partial charge in [-0.1, -0.05) is 18.2 Å². The molecule has 1 fully saturated rings. The summed E-state index contributed by atoms with van der Waals surface area (Å²) in [5.74, 6) is -0.0729. The molecular weight excluding hydrogens is 320 g/mol. The van der Waals surface area contributed by atoms with E-state index in [2.05, 4.69) is 5.32 Å². The Morgan fingerprint density at radius 2 is 1.80 bits per heavy atom. The fourth-order valence-corrected chi connectivity index (χ4v) is 2.94. The summed E-state index contributed by atoms with van der Waals surface area (Å²) in [6, 6.07) is 14.6. The Hall–Kier alpha value is -3.15. The van der Waals surface area contributed by atoms with Crippen molar-refractivity contribution in [2.75, 3.05) is 12.0 Å². The quantitative estimate of drug-likeness (QED) is 0.666. The van der Waals surface area contributed by atoms with Crippen LogP contribution in [0.1, 0.15) is 17.3 Å². The number of anilines is 1. The van der Waals surface area contributed by atoms with Gasteiger partial charge in [-0.3, -0.25) is 14.5 Å². The Morgan fingerprint density at radius 3 is 2.36 bits per heavy atom. The number of methoxy groups -OCH3 is 1. The van der Waals surface area contributed by atoms with Gasteiger partial charge in [0.1, 0.15) is 23.6 Å². The van der Waals surface area contributed by atoms with Crippen molar-refractivity contribution >= 4 is 23.8 Å². The molecule has 1 N–H and O–H groups in total. The zero-order valence-electron chi connectivity index (χ0n) is 13.9. The highest BCUT2D eigenvalue weighted by Crippen LogP contribution is 2.35. The number of β-lactam (4-membered cyclic amide) rings is 1. The van der Waals surface area contributed by atoms with Gasteiger partial charge in [-0.05, 0) is 43.3 Å². The third kappa shape index (κ3) is 2.76. The molecule has 3 rings (SSSR count). The van der Waals surface area contributed by atoms with Crippen LogP contribution in [0.2, 0.25) is 0 Å². The molecule has 0 aliphatic carbocycles. The van der Waals surface area contributed by atoms with Crippen molar-refractivity contribution in [2.45, 2.75) is 18.5 Å². The predicted molar refractivity (Wildman–Crippen MR) is 92.6 cm³/mol. The fraction of sp³-hybridized carbons (Fsp3) is 0.211. The second-order valence-corrected chi connectivity index (χ2v) is 5.98. The second-order valence-electron chi connectivity index (χ2n) is 5.98. The van der Waals surface area contributed by atoms with Crippen LogP contribution >= 0.6 is 0 Å². The van der Waals surface area contributed by atoms with E-state index in [0.717, 1.165) is 0 Å². The van der Waals surface area contributed by atoms with Crippen molar-refractivity contribution in [2.24, 2.45) is 0 Å². The summed E-state index contributed by atoms with van der Waals surface area (Å²) in [5, 5.41) is 2.70. The molecule has 6 heteroatoms. The largest absolute Gasteiger partial charge is 0.497 e. The molecule has 6 nitrogen and oxygen atoms in total. The highest BCUT2D eigenvalue weighted by molar-refractivity contribution is 6.16. The van der Waals surface area contributed by atoms with Gasteiger partial charge in [-0.15, -0.1) is 0 Å². The van der Waals surface area contributed by atoms with E-state index in [1.165, 1.54) is 4.90 Å². The van der Waals surface area contributed by atoms with Crippen molar-refractivity contribution < 1.29 is 19.1 Å². The van der Waals surface area contributed by atoms with E-state index in [9.17, 15) is 14.4 Å². The average molecular weight is 338 g/mol. The van der Waals surface area contributed by atoms with Crippen LogP contribution in [0.15, 0.2) is 54.6 Å². The molecular formula is C19H18N2O4. The third-order valence-corrected chi connectivity index (χ3v) is 4.42. The van der Waals surface area contributed by atoms with Crippen LogP contribution in [0.25, 0.3) is 0 Å². The third-order valence-electron chi connectivity index (χ3n) is 4.42. The van der Waals surface area contributed by atoms with E-state index in [1.54, 1.807) is 68.6 Å². The van der Waals surface area contributed by atoms with Crippen LogP contribution in [-0.2, 0) is 9.59 Å². The molecule has 1 saturated heterocycles. The Morgan fingerprint density at radius 1 is 1.16 bits per heavy atom. The van der Waals surface area contributed by atoms with E-state index in [0.29, 0.717) is 23.3 Å². The number of carbonyl (C=O) groups excluding carboxylic acids is 3. The first-order valence-corrected chi connectivity index (χ1v) is 7.82. The predicted octanol–water partition coefficient (Wildman–Crippen LogP) is 1.80. The van der Waals surface area contributed by atoms with Crippen LogP contribution < -0.4 is 15.0 Å². The summed E-state index contributed by atoms with van der Waals surface area (Å²) in [4.78, 5) is 38.0. The van der Waals surface area contributed by atoms with Crippen LogP contribution in [0, 0.1) is 0 Å². The van der Waals surface area contributed by atoms with Gasteiger partial charge >= 0.3 is 0 Å². The molecule has 0 aromatic heterocycles. The maximum Gasteiger partial charge on any atom is 0.255 e. The second kappa shape index (κ2) is 6.39. The zero-order chi connectivity index (χ0) is 18.0. The van der Waals surface area contributed by atoms with Gasteiger partial charge in [0.15, 0.2) is 0 Å². The molecule has 1 aliphatic rings. The van der Waals surface area contributed by atoms with Gasteiger partial charge in [0.2, 0.25) is 0 Å². The van der Waals surface area contributed by atoms with E-state index in [-0.39, 0.29) is 5.91 Å². The van der Waals surface area contributed by atoms with Crippen LogP contribution in [0.5, 0.6) is 5.75 Å². The van der Waals surface area contributed by atoms with Crippen molar-refractivity contribution in [1.29, 1.82) is 0 Å². The van der Waals surface area contributed by atoms with Crippen molar-refractivity contribution in [1.82, 2.24) is 5.32 Å². The average Bonchev–Trinajstić information content (AvgIpc) is 2.66. The Balaban J connectivity index is 1.82. The van der Waals surface area contributed by atoms with Crippen molar-refractivity contribution in [3.8, 4) is 5.75 Å². The van der Waals surface area contributed by atoms with Gasteiger partial charge in [0.25, 0.3) is 11.8 Å². The topological polar surface area (TPSA) is 75.7 Å². The summed E-state index contributed by atoms with van der Waals surface area (Å²) in [7, 11) is 1.55. The zero-order valence-corrected chi connectivity index (χ0v) is 13.9. The molecule has 0 saturated carbocycles. The monoisotopic (exact) mass is 338 g/mol. The van der Waals surface area contributed by atoms with E-state index < -0.39 is 17.5 Å². The Bertz CT molecular complexity index is 804. The lowest BCUT2D eigenvalue weighted by atomic mass is 9.80. The molecule has 1 heterocycles. The summed E-state index contributed by atoms with van der Waals surface area (Å²) in [6.07, 6.45) is 0.677. The number of nitrogens with zero attached hydrogens (tertiary/aromatic N) is 1. The van der Waals surface area contributed by atoms with E-state index in [4.69, 9.17) is 4.74 Å². The van der Waals surface area contributed by atoms with Crippen LogP contribution in [0.4, 0.5) is 5.69 Å². The van der Waals surface area contributed by atoms with Gasteiger partial charge in [-0.2, -0.15) is 0 Å². The van der Waals surface area contributed by atoms with Gasteiger partial charge in [0, 0.05) is 11.3 Å². The van der Waals surface area contributed by atoms with Gasteiger partial charge in [-0.25, -0.2) is 0 Å². The lowest BCUT2D eigenvalue weighted by molar-refractivity contribution is -0.136. The number of aldehydes is 1. The Labute approximate surface area is 145 Å². The summed E-state index contributed by atoms with van der Waals surface area (Å²) >= 11 is 0. The van der Waals surface area contributed by atoms with Gasteiger partial charge < -0.3 is 14.8 Å². The molecule has 2 aromatic carbocycles.